The number of hydrogen-bond acceptors (Lipinski definition) is 5. The zero-order valence-electron chi connectivity index (χ0n) is 14.7. The number of hydrogen-bond donors (Lipinski definition) is 0. The first kappa shape index (κ1) is 15.7. The average molecular weight is 329 g/mol. The van der Waals surface area contributed by atoms with Crippen molar-refractivity contribution in [3.05, 3.63) is 11.8 Å². The fraction of sp³-hybridized carbons (Fsp3) is 0.722. The Balaban J connectivity index is 1.67. The predicted molar refractivity (Wildman–Crippen MR) is 94.4 cm³/mol. The zero-order chi connectivity index (χ0) is 16.7. The van der Waals surface area contributed by atoms with E-state index < -0.39 is 0 Å². The number of amides is 1. The Bertz CT molecular complexity index is 628. The van der Waals surface area contributed by atoms with Gasteiger partial charge in [0.25, 0.3) is 0 Å². The van der Waals surface area contributed by atoms with Crippen molar-refractivity contribution in [2.24, 2.45) is 0 Å². The third-order valence-corrected chi connectivity index (χ3v) is 5.69. The van der Waals surface area contributed by atoms with Crippen LogP contribution in [0, 0.1) is 0 Å². The van der Waals surface area contributed by atoms with Crippen molar-refractivity contribution in [1.29, 1.82) is 0 Å². The van der Waals surface area contributed by atoms with Gasteiger partial charge in [0, 0.05) is 44.0 Å². The molecule has 24 heavy (non-hydrogen) atoms. The molecule has 4 rings (SSSR count). The van der Waals surface area contributed by atoms with Gasteiger partial charge in [-0.1, -0.05) is 6.92 Å². The summed E-state index contributed by atoms with van der Waals surface area (Å²) in [7, 11) is 0. The molecule has 0 unspecified atom stereocenters. The predicted octanol–water partition coefficient (Wildman–Crippen LogP) is 1.84. The van der Waals surface area contributed by atoms with Gasteiger partial charge in [0.05, 0.1) is 0 Å². The molecule has 0 aliphatic carbocycles. The highest BCUT2D eigenvalue weighted by Crippen LogP contribution is 2.30. The van der Waals surface area contributed by atoms with E-state index in [-0.39, 0.29) is 11.9 Å². The molecule has 1 aromatic heterocycles. The molecule has 0 N–H and O–H groups in total. The molecule has 3 fully saturated rings. The van der Waals surface area contributed by atoms with Gasteiger partial charge in [-0.3, -0.25) is 4.79 Å². The van der Waals surface area contributed by atoms with E-state index in [0.717, 1.165) is 62.9 Å². The number of carbonyl (C=O) groups is 1. The summed E-state index contributed by atoms with van der Waals surface area (Å²) in [6.45, 7) is 8.04. The van der Waals surface area contributed by atoms with Crippen LogP contribution in [0.3, 0.4) is 0 Å². The van der Waals surface area contributed by atoms with Gasteiger partial charge in [-0.15, -0.1) is 0 Å². The minimum atomic E-state index is -0.134. The van der Waals surface area contributed by atoms with Crippen LogP contribution < -0.4 is 9.80 Å². The molecule has 130 valence electrons. The largest absolute Gasteiger partial charge is 0.343 e. The Morgan fingerprint density at radius 3 is 2.67 bits per heavy atom. The van der Waals surface area contributed by atoms with Crippen molar-refractivity contribution < 1.29 is 4.79 Å². The van der Waals surface area contributed by atoms with E-state index in [1.54, 1.807) is 0 Å². The zero-order valence-corrected chi connectivity index (χ0v) is 14.7. The lowest BCUT2D eigenvalue weighted by Gasteiger charge is -2.42. The average Bonchev–Trinajstić information content (AvgIpc) is 3.29. The summed E-state index contributed by atoms with van der Waals surface area (Å²) in [5, 5.41) is 0. The van der Waals surface area contributed by atoms with Crippen molar-refractivity contribution >= 4 is 17.7 Å². The molecule has 0 bridgehead atoms. The number of aromatic nitrogens is 2. The minimum absolute atomic E-state index is 0.134. The molecule has 3 saturated heterocycles. The van der Waals surface area contributed by atoms with E-state index in [4.69, 9.17) is 9.97 Å². The van der Waals surface area contributed by atoms with E-state index in [1.165, 1.54) is 12.8 Å². The third kappa shape index (κ3) is 2.62. The second-order valence-corrected chi connectivity index (χ2v) is 7.22. The van der Waals surface area contributed by atoms with Crippen LogP contribution in [-0.2, 0) is 11.2 Å². The van der Waals surface area contributed by atoms with Crippen LogP contribution in [0.15, 0.2) is 6.07 Å². The second-order valence-electron chi connectivity index (χ2n) is 7.22. The van der Waals surface area contributed by atoms with E-state index in [1.807, 2.05) is 6.92 Å². The molecule has 4 heterocycles. The quantitative estimate of drug-likeness (QED) is 0.847. The van der Waals surface area contributed by atoms with Gasteiger partial charge in [-0.2, -0.15) is 4.98 Å². The maximum atomic E-state index is 12.7. The van der Waals surface area contributed by atoms with E-state index in [2.05, 4.69) is 27.7 Å². The van der Waals surface area contributed by atoms with Crippen molar-refractivity contribution in [1.82, 2.24) is 14.9 Å². The first-order valence-electron chi connectivity index (χ1n) is 9.37. The van der Waals surface area contributed by atoms with E-state index in [0.29, 0.717) is 6.04 Å². The second kappa shape index (κ2) is 6.22. The molecule has 3 aliphatic heterocycles. The highest BCUT2D eigenvalue weighted by atomic mass is 16.2. The van der Waals surface area contributed by atoms with Gasteiger partial charge in [-0.05, 0) is 39.0 Å². The Hall–Kier alpha value is -1.85. The number of aryl methyl sites for hydroxylation is 1. The van der Waals surface area contributed by atoms with Gasteiger partial charge in [-0.25, -0.2) is 4.98 Å². The number of piperazine rings is 1. The van der Waals surface area contributed by atoms with Gasteiger partial charge < -0.3 is 14.7 Å². The van der Waals surface area contributed by atoms with Gasteiger partial charge >= 0.3 is 0 Å². The summed E-state index contributed by atoms with van der Waals surface area (Å²) in [5.41, 5.74) is 1.07. The number of carbonyl (C=O) groups excluding carboxylic acids is 1. The maximum absolute atomic E-state index is 12.7. The fourth-order valence-corrected chi connectivity index (χ4v) is 4.22. The lowest BCUT2D eigenvalue weighted by atomic mass is 10.1. The van der Waals surface area contributed by atoms with Crippen molar-refractivity contribution in [2.75, 3.05) is 36.0 Å². The molecule has 2 atom stereocenters. The van der Waals surface area contributed by atoms with Crippen LogP contribution >= 0.6 is 0 Å². The summed E-state index contributed by atoms with van der Waals surface area (Å²) in [5.74, 6) is 2.02. The molecule has 1 aromatic rings. The lowest BCUT2D eigenvalue weighted by Crippen LogP contribution is -2.59. The molecule has 1 amide bonds. The Morgan fingerprint density at radius 2 is 1.92 bits per heavy atom. The highest BCUT2D eigenvalue weighted by molar-refractivity contribution is 5.86. The first-order valence-corrected chi connectivity index (χ1v) is 9.37. The van der Waals surface area contributed by atoms with Crippen LogP contribution in [0.25, 0.3) is 0 Å². The number of nitrogens with zero attached hydrogens (tertiary/aromatic N) is 5. The minimum Gasteiger partial charge on any atom is -0.343 e. The molecule has 0 aromatic carbocycles. The van der Waals surface area contributed by atoms with Crippen molar-refractivity contribution in [3.8, 4) is 0 Å². The monoisotopic (exact) mass is 329 g/mol. The number of fused-ring (bicyclic) bond motifs is 1. The normalized spacial score (nSPS) is 27.1. The van der Waals surface area contributed by atoms with Gasteiger partial charge in [0.1, 0.15) is 11.9 Å². The smallest absolute Gasteiger partial charge is 0.245 e. The molecule has 0 radical (unpaired) electrons. The molecule has 0 saturated carbocycles. The van der Waals surface area contributed by atoms with Crippen LogP contribution in [0.5, 0.6) is 0 Å². The van der Waals surface area contributed by atoms with Crippen LogP contribution in [0.1, 0.15) is 45.2 Å². The summed E-state index contributed by atoms with van der Waals surface area (Å²) >= 11 is 0. The maximum Gasteiger partial charge on any atom is 0.245 e. The SMILES string of the molecule is CCc1cc(N2C[C@H]3CCCN3C(=O)[C@@H]2C)nc(N2CCCC2)n1. The van der Waals surface area contributed by atoms with Crippen LogP contribution in [-0.4, -0.2) is 59.0 Å². The topological polar surface area (TPSA) is 52.6 Å². The van der Waals surface area contributed by atoms with Gasteiger partial charge in [0.2, 0.25) is 11.9 Å². The van der Waals surface area contributed by atoms with Crippen LogP contribution in [0.4, 0.5) is 11.8 Å². The molecule has 0 spiro atoms. The Morgan fingerprint density at radius 1 is 1.12 bits per heavy atom. The third-order valence-electron chi connectivity index (χ3n) is 5.69. The molecular weight excluding hydrogens is 302 g/mol. The Labute approximate surface area is 143 Å². The molecule has 6 heteroatoms. The fourth-order valence-electron chi connectivity index (χ4n) is 4.22. The molecular formula is C18H27N5O. The summed E-state index contributed by atoms with van der Waals surface area (Å²) < 4.78 is 0. The highest BCUT2D eigenvalue weighted by Gasteiger charge is 2.41. The standard InChI is InChI=1S/C18H27N5O/c1-3-14-11-16(20-18(19-14)21-8-4-5-9-21)23-12-15-7-6-10-22(15)17(24)13(23)2/h11,13,15H,3-10,12H2,1-2H3/t13-,15+/m0/s1. The summed E-state index contributed by atoms with van der Waals surface area (Å²) in [6.07, 6.45) is 5.55. The van der Waals surface area contributed by atoms with Crippen LogP contribution in [0.2, 0.25) is 0 Å². The van der Waals surface area contributed by atoms with Crippen molar-refractivity contribution in [3.63, 3.8) is 0 Å². The summed E-state index contributed by atoms with van der Waals surface area (Å²) in [6, 6.07) is 2.29. The van der Waals surface area contributed by atoms with Gasteiger partial charge in [0.15, 0.2) is 0 Å². The Kier molecular flexibility index (Phi) is 4.06. The van der Waals surface area contributed by atoms with Crippen molar-refractivity contribution in [2.45, 2.75) is 58.0 Å². The lowest BCUT2D eigenvalue weighted by molar-refractivity contribution is -0.134. The molecule has 6 nitrogen and oxygen atoms in total. The first-order chi connectivity index (χ1) is 11.7. The number of rotatable bonds is 3. The summed E-state index contributed by atoms with van der Waals surface area (Å²) in [4.78, 5) is 28.9. The number of anilines is 2. The van der Waals surface area contributed by atoms with E-state index in [9.17, 15) is 4.79 Å². The van der Waals surface area contributed by atoms with E-state index >= 15 is 0 Å². The molecule has 3 aliphatic rings.